The van der Waals surface area contributed by atoms with Crippen LogP contribution in [0.4, 0.5) is 0 Å². The molecule has 0 aliphatic heterocycles. The Kier molecular flexibility index (Phi) is 5.42. The number of nitrogens with zero attached hydrogens (tertiary/aromatic N) is 2. The molecule has 1 heterocycles. The fourth-order valence-corrected chi connectivity index (χ4v) is 4.88. The summed E-state index contributed by atoms with van der Waals surface area (Å²) in [5.41, 5.74) is 2.06. The minimum Gasteiger partial charge on any atom is -0.346 e. The Morgan fingerprint density at radius 2 is 1.77 bits per heavy atom. The number of fused-ring (bicyclic) bond motifs is 1. The molecule has 3 rings (SSSR count). The zero-order chi connectivity index (χ0) is 18.9. The summed E-state index contributed by atoms with van der Waals surface area (Å²) in [5.74, 6) is 0. The molecule has 1 unspecified atom stereocenters. The second-order valence-electron chi connectivity index (χ2n) is 6.51. The van der Waals surface area contributed by atoms with Crippen molar-refractivity contribution in [2.75, 3.05) is 0 Å². The highest BCUT2D eigenvalue weighted by Crippen LogP contribution is 2.26. The smallest absolute Gasteiger partial charge is 0.243 e. The minimum absolute atomic E-state index is 0.117. The van der Waals surface area contributed by atoms with Crippen LogP contribution in [0.25, 0.3) is 10.9 Å². The number of hydrogen-bond donors (Lipinski definition) is 0. The normalized spacial score (nSPS) is 13.4. The molecule has 1 atom stereocenters. The molecule has 0 aliphatic rings. The summed E-state index contributed by atoms with van der Waals surface area (Å²) >= 11 is 5.92. The van der Waals surface area contributed by atoms with E-state index in [-0.39, 0.29) is 10.9 Å². The first-order valence-electron chi connectivity index (χ1n) is 8.65. The SMILES string of the molecule is CCC(C)N(Cc1cc2ccccc2n1C)S(=O)(=O)c1ccc(Cl)cc1. The molecule has 6 heteroatoms. The molecule has 138 valence electrons. The van der Waals surface area contributed by atoms with Gasteiger partial charge in [0.1, 0.15) is 0 Å². The fraction of sp³-hybridized carbons (Fsp3) is 0.300. The topological polar surface area (TPSA) is 42.3 Å². The van der Waals surface area contributed by atoms with Crippen LogP contribution in [-0.2, 0) is 23.6 Å². The van der Waals surface area contributed by atoms with Gasteiger partial charge in [-0.05, 0) is 55.1 Å². The van der Waals surface area contributed by atoms with Crippen molar-refractivity contribution < 1.29 is 8.42 Å². The molecule has 1 aromatic heterocycles. The highest BCUT2D eigenvalue weighted by molar-refractivity contribution is 7.89. The van der Waals surface area contributed by atoms with Crippen LogP contribution in [0.15, 0.2) is 59.5 Å². The van der Waals surface area contributed by atoms with E-state index >= 15 is 0 Å². The summed E-state index contributed by atoms with van der Waals surface area (Å²) in [6, 6.07) is 16.4. The lowest BCUT2D eigenvalue weighted by Gasteiger charge is -2.28. The van der Waals surface area contributed by atoms with Crippen LogP contribution < -0.4 is 0 Å². The second-order valence-corrected chi connectivity index (χ2v) is 8.84. The van der Waals surface area contributed by atoms with Gasteiger partial charge in [0.25, 0.3) is 0 Å². The largest absolute Gasteiger partial charge is 0.346 e. The maximum Gasteiger partial charge on any atom is 0.243 e. The highest BCUT2D eigenvalue weighted by Gasteiger charge is 2.29. The first-order valence-corrected chi connectivity index (χ1v) is 10.5. The lowest BCUT2D eigenvalue weighted by molar-refractivity contribution is 0.317. The summed E-state index contributed by atoms with van der Waals surface area (Å²) in [6.07, 6.45) is 0.733. The molecule has 2 aromatic carbocycles. The monoisotopic (exact) mass is 390 g/mol. The zero-order valence-corrected chi connectivity index (χ0v) is 16.8. The maximum atomic E-state index is 13.2. The third kappa shape index (κ3) is 3.52. The van der Waals surface area contributed by atoms with Gasteiger partial charge >= 0.3 is 0 Å². The maximum absolute atomic E-state index is 13.2. The average Bonchev–Trinajstić information content (AvgIpc) is 2.95. The molecule has 0 fully saturated rings. The predicted molar refractivity (Wildman–Crippen MR) is 107 cm³/mol. The lowest BCUT2D eigenvalue weighted by Crippen LogP contribution is -2.38. The molecule has 0 aliphatic carbocycles. The molecule has 0 spiro atoms. The van der Waals surface area contributed by atoms with Gasteiger partial charge in [-0.25, -0.2) is 8.42 Å². The van der Waals surface area contributed by atoms with Crippen LogP contribution in [0.5, 0.6) is 0 Å². The van der Waals surface area contributed by atoms with E-state index < -0.39 is 10.0 Å². The van der Waals surface area contributed by atoms with E-state index in [0.29, 0.717) is 11.6 Å². The Labute approximate surface area is 160 Å². The van der Waals surface area contributed by atoms with Crippen LogP contribution in [0.1, 0.15) is 26.0 Å². The second kappa shape index (κ2) is 7.43. The third-order valence-electron chi connectivity index (χ3n) is 4.87. The number of hydrogen-bond acceptors (Lipinski definition) is 2. The van der Waals surface area contributed by atoms with E-state index in [9.17, 15) is 8.42 Å². The Balaban J connectivity index is 2.03. The third-order valence-corrected chi connectivity index (χ3v) is 7.10. The van der Waals surface area contributed by atoms with E-state index in [1.807, 2.05) is 45.2 Å². The van der Waals surface area contributed by atoms with Crippen molar-refractivity contribution in [1.82, 2.24) is 8.87 Å². The van der Waals surface area contributed by atoms with Gasteiger partial charge in [0.05, 0.1) is 11.4 Å². The Morgan fingerprint density at radius 1 is 1.12 bits per heavy atom. The van der Waals surface area contributed by atoms with Crippen LogP contribution in [0.3, 0.4) is 0 Å². The quantitative estimate of drug-likeness (QED) is 0.605. The van der Waals surface area contributed by atoms with Crippen LogP contribution >= 0.6 is 11.6 Å². The van der Waals surface area contributed by atoms with Crippen LogP contribution in [0, 0.1) is 0 Å². The molecule has 0 amide bonds. The first kappa shape index (κ1) is 19.0. The average molecular weight is 391 g/mol. The Bertz CT molecular complexity index is 1010. The van der Waals surface area contributed by atoms with Crippen molar-refractivity contribution >= 4 is 32.5 Å². The number of benzene rings is 2. The molecular weight excluding hydrogens is 368 g/mol. The number of rotatable bonds is 6. The van der Waals surface area contributed by atoms with E-state index in [1.54, 1.807) is 28.6 Å². The summed E-state index contributed by atoms with van der Waals surface area (Å²) in [4.78, 5) is 0.265. The molecule has 0 N–H and O–H groups in total. The van der Waals surface area contributed by atoms with Gasteiger partial charge in [-0.3, -0.25) is 0 Å². The molecule has 0 saturated heterocycles. The summed E-state index contributed by atoms with van der Waals surface area (Å²) in [5, 5.41) is 1.63. The Morgan fingerprint density at radius 3 is 2.38 bits per heavy atom. The van der Waals surface area contributed by atoms with Gasteiger partial charge in [-0.15, -0.1) is 0 Å². The number of aryl methyl sites for hydroxylation is 1. The van der Waals surface area contributed by atoms with Gasteiger partial charge in [0.2, 0.25) is 10.0 Å². The highest BCUT2D eigenvalue weighted by atomic mass is 35.5. The summed E-state index contributed by atoms with van der Waals surface area (Å²) in [7, 11) is -1.65. The summed E-state index contributed by atoms with van der Waals surface area (Å²) < 4.78 is 30.1. The van der Waals surface area contributed by atoms with Crippen LogP contribution in [0.2, 0.25) is 5.02 Å². The van der Waals surface area contributed by atoms with Gasteiger partial charge in [-0.1, -0.05) is 36.7 Å². The van der Waals surface area contributed by atoms with Gasteiger partial charge in [0, 0.05) is 29.3 Å². The molecule has 0 radical (unpaired) electrons. The molecular formula is C20H23ClN2O2S. The zero-order valence-electron chi connectivity index (χ0n) is 15.2. The van der Waals surface area contributed by atoms with Crippen molar-refractivity contribution in [1.29, 1.82) is 0 Å². The van der Waals surface area contributed by atoms with Crippen molar-refractivity contribution in [2.45, 2.75) is 37.8 Å². The molecule has 4 nitrogen and oxygen atoms in total. The van der Waals surface area contributed by atoms with E-state index in [2.05, 4.69) is 10.6 Å². The van der Waals surface area contributed by atoms with Crippen LogP contribution in [-0.4, -0.2) is 23.3 Å². The van der Waals surface area contributed by atoms with Crippen molar-refractivity contribution in [3.63, 3.8) is 0 Å². The van der Waals surface area contributed by atoms with Gasteiger partial charge in [0.15, 0.2) is 0 Å². The number of halogens is 1. The van der Waals surface area contributed by atoms with E-state index in [0.717, 1.165) is 23.0 Å². The minimum atomic E-state index is -3.62. The Hall–Kier alpha value is -1.82. The summed E-state index contributed by atoms with van der Waals surface area (Å²) in [6.45, 7) is 4.26. The first-order chi connectivity index (χ1) is 12.3. The van der Waals surface area contributed by atoms with Gasteiger partial charge < -0.3 is 4.57 Å². The fourth-order valence-electron chi connectivity index (χ4n) is 3.08. The van der Waals surface area contributed by atoms with E-state index in [4.69, 9.17) is 11.6 Å². The molecule has 0 bridgehead atoms. The van der Waals surface area contributed by atoms with Crippen molar-refractivity contribution in [3.8, 4) is 0 Å². The standard InChI is InChI=1S/C20H23ClN2O2S/c1-4-15(2)23(26(24,25)19-11-9-17(21)10-12-19)14-18-13-16-7-5-6-8-20(16)22(18)3/h5-13,15H,4,14H2,1-3H3. The van der Waals surface area contributed by atoms with Crippen molar-refractivity contribution in [2.24, 2.45) is 7.05 Å². The number of aromatic nitrogens is 1. The van der Waals surface area contributed by atoms with E-state index in [1.165, 1.54) is 0 Å². The van der Waals surface area contributed by atoms with Gasteiger partial charge in [-0.2, -0.15) is 4.31 Å². The molecule has 26 heavy (non-hydrogen) atoms. The lowest BCUT2D eigenvalue weighted by atomic mass is 10.2. The number of sulfonamides is 1. The molecule has 0 saturated carbocycles. The number of para-hydroxylation sites is 1. The predicted octanol–water partition coefficient (Wildman–Crippen LogP) is 4.82. The van der Waals surface area contributed by atoms with Crippen molar-refractivity contribution in [3.05, 3.63) is 65.3 Å². The molecule has 3 aromatic rings.